The zero-order valence-electron chi connectivity index (χ0n) is 20.4. The molecule has 1 aliphatic heterocycles. The third kappa shape index (κ3) is 3.73. The Labute approximate surface area is 204 Å². The lowest BCUT2D eigenvalue weighted by atomic mass is 9.76. The van der Waals surface area contributed by atoms with E-state index >= 15 is 0 Å². The molecule has 1 aliphatic rings. The number of rotatable bonds is 7. The first kappa shape index (κ1) is 24.3. The second-order valence-electron chi connectivity index (χ2n) is 8.85. The van der Waals surface area contributed by atoms with Gasteiger partial charge in [0.1, 0.15) is 11.5 Å². The van der Waals surface area contributed by atoms with E-state index in [4.69, 9.17) is 4.74 Å². The van der Waals surface area contributed by atoms with Crippen LogP contribution < -0.4 is 0 Å². The summed E-state index contributed by atoms with van der Waals surface area (Å²) >= 11 is 0. The van der Waals surface area contributed by atoms with Crippen LogP contribution >= 0.6 is 0 Å². The van der Waals surface area contributed by atoms with Crippen LogP contribution in [0, 0.1) is 0 Å². The van der Waals surface area contributed by atoms with Gasteiger partial charge in [0, 0.05) is 16.7 Å². The molecule has 0 radical (unpaired) electrons. The second kappa shape index (κ2) is 9.10. The topological polar surface area (TPSA) is 104 Å². The van der Waals surface area contributed by atoms with E-state index in [2.05, 4.69) is 0 Å². The normalized spacial score (nSPS) is 14.0. The molecule has 3 aromatic carbocycles. The van der Waals surface area contributed by atoms with E-state index in [1.807, 2.05) is 39.8 Å². The van der Waals surface area contributed by atoms with Gasteiger partial charge in [-0.1, -0.05) is 39.8 Å². The molecule has 4 rings (SSSR count). The third-order valence-corrected chi connectivity index (χ3v) is 6.95. The maximum absolute atomic E-state index is 13.2. The first-order valence-electron chi connectivity index (χ1n) is 12.0. The van der Waals surface area contributed by atoms with Crippen molar-refractivity contribution in [3.05, 3.63) is 92.5 Å². The minimum atomic E-state index is -1.71. The van der Waals surface area contributed by atoms with Gasteiger partial charge in [0.2, 0.25) is 0 Å². The van der Waals surface area contributed by atoms with E-state index in [1.54, 1.807) is 12.1 Å². The van der Waals surface area contributed by atoms with Crippen molar-refractivity contribution in [3.8, 4) is 11.5 Å². The summed E-state index contributed by atoms with van der Waals surface area (Å²) in [4.78, 5) is 25.1. The average Bonchev–Trinajstić information content (AvgIpc) is 3.16. The lowest BCUT2D eigenvalue weighted by Gasteiger charge is -2.33. The molecule has 0 fully saturated rings. The Morgan fingerprint density at radius 1 is 0.771 bits per heavy atom. The van der Waals surface area contributed by atoms with Gasteiger partial charge < -0.3 is 20.1 Å². The van der Waals surface area contributed by atoms with Crippen LogP contribution in [-0.4, -0.2) is 27.3 Å². The molecule has 0 amide bonds. The van der Waals surface area contributed by atoms with Crippen molar-refractivity contribution in [2.24, 2.45) is 0 Å². The number of phenols is 2. The summed E-state index contributed by atoms with van der Waals surface area (Å²) < 4.78 is 6.13. The molecule has 3 aromatic rings. The highest BCUT2D eigenvalue weighted by atomic mass is 16.6. The van der Waals surface area contributed by atoms with E-state index in [0.717, 1.165) is 11.1 Å². The molecule has 35 heavy (non-hydrogen) atoms. The number of ether oxygens (including phenoxy) is 1. The van der Waals surface area contributed by atoms with Gasteiger partial charge in [-0.3, -0.25) is 0 Å². The van der Waals surface area contributed by atoms with Crippen LogP contribution in [0.2, 0.25) is 0 Å². The predicted molar refractivity (Wildman–Crippen MR) is 132 cm³/mol. The molecule has 3 N–H and O–H groups in total. The zero-order valence-corrected chi connectivity index (χ0v) is 20.4. The van der Waals surface area contributed by atoms with Crippen LogP contribution in [0.4, 0.5) is 0 Å². The molecule has 0 unspecified atom stereocenters. The summed E-state index contributed by atoms with van der Waals surface area (Å²) in [6.07, 6.45) is 2.43. The van der Waals surface area contributed by atoms with E-state index in [-0.39, 0.29) is 22.6 Å². The minimum absolute atomic E-state index is 0.0184. The average molecular weight is 475 g/mol. The van der Waals surface area contributed by atoms with Crippen molar-refractivity contribution < 1.29 is 29.6 Å². The molecule has 0 spiro atoms. The molecule has 0 saturated heterocycles. The number of fused-ring (bicyclic) bond motifs is 1. The highest BCUT2D eigenvalue weighted by Gasteiger charge is 2.52. The Morgan fingerprint density at radius 2 is 1.29 bits per heavy atom. The van der Waals surface area contributed by atoms with Crippen LogP contribution in [-0.2, 0) is 36.0 Å². The van der Waals surface area contributed by atoms with E-state index in [1.165, 1.54) is 18.2 Å². The van der Waals surface area contributed by atoms with Crippen LogP contribution in [0.5, 0.6) is 11.5 Å². The highest BCUT2D eigenvalue weighted by molar-refractivity contribution is 5.99. The molecule has 0 aliphatic carbocycles. The Bertz CT molecular complexity index is 1280. The summed E-state index contributed by atoms with van der Waals surface area (Å²) in [5, 5.41) is 32.6. The Morgan fingerprint density at radius 3 is 1.71 bits per heavy atom. The van der Waals surface area contributed by atoms with Gasteiger partial charge in [-0.15, -0.1) is 0 Å². The lowest BCUT2D eigenvalue weighted by molar-refractivity contribution is 0.0238. The van der Waals surface area contributed by atoms with Crippen LogP contribution in [0.25, 0.3) is 0 Å². The maximum atomic E-state index is 13.2. The molecule has 1 heterocycles. The predicted octanol–water partition coefficient (Wildman–Crippen LogP) is 5.51. The smallest absolute Gasteiger partial charge is 0.340 e. The first-order valence-corrected chi connectivity index (χ1v) is 12.0. The molecule has 0 atom stereocenters. The van der Waals surface area contributed by atoms with Gasteiger partial charge in [-0.05, 0) is 78.3 Å². The highest BCUT2D eigenvalue weighted by Crippen LogP contribution is 2.53. The number of phenolic OH excluding ortho intramolecular Hbond substituents is 2. The van der Waals surface area contributed by atoms with Gasteiger partial charge in [-0.2, -0.15) is 0 Å². The number of carboxylic acids is 1. The number of hydrogen-bond donors (Lipinski definition) is 3. The zero-order chi connectivity index (χ0) is 25.5. The number of carbonyl (C=O) groups excluding carboxylic acids is 1. The molecule has 0 bridgehead atoms. The molecule has 0 saturated carbocycles. The van der Waals surface area contributed by atoms with Gasteiger partial charge in [0.05, 0.1) is 11.1 Å². The summed E-state index contributed by atoms with van der Waals surface area (Å²) in [5.41, 5.74) is 2.60. The van der Waals surface area contributed by atoms with Crippen molar-refractivity contribution in [3.63, 3.8) is 0 Å². The van der Waals surface area contributed by atoms with Crippen molar-refractivity contribution >= 4 is 11.9 Å². The fourth-order valence-electron chi connectivity index (χ4n) is 4.95. The quantitative estimate of drug-likeness (QED) is 0.390. The monoisotopic (exact) mass is 474 g/mol. The van der Waals surface area contributed by atoms with E-state index in [9.17, 15) is 24.9 Å². The molecule has 182 valence electrons. The van der Waals surface area contributed by atoms with E-state index in [0.29, 0.717) is 53.5 Å². The van der Waals surface area contributed by atoms with Crippen LogP contribution in [0.15, 0.2) is 42.5 Å². The third-order valence-electron chi connectivity index (χ3n) is 6.95. The van der Waals surface area contributed by atoms with Crippen molar-refractivity contribution in [1.82, 2.24) is 0 Å². The number of carbonyl (C=O) groups is 2. The largest absolute Gasteiger partial charge is 0.507 e. The number of aromatic carboxylic acids is 1. The van der Waals surface area contributed by atoms with Gasteiger partial charge in [-0.25, -0.2) is 9.59 Å². The first-order chi connectivity index (χ1) is 16.7. The summed E-state index contributed by atoms with van der Waals surface area (Å²) in [7, 11) is 0. The number of carboxylic acid groups (broad SMARTS) is 1. The summed E-state index contributed by atoms with van der Waals surface area (Å²) in [6.45, 7) is 7.83. The SMILES string of the molecule is CCc1cc(CC)c(O)c(C2(c3cc(CC)cc(CC)c3O)OC(=O)c3ccc(C(=O)O)cc32)c1. The van der Waals surface area contributed by atoms with Crippen LogP contribution in [0.3, 0.4) is 0 Å². The number of hydrogen-bond acceptors (Lipinski definition) is 5. The number of esters is 1. The van der Waals surface area contributed by atoms with Crippen molar-refractivity contribution in [2.75, 3.05) is 0 Å². The fraction of sp³-hybridized carbons (Fsp3) is 0.310. The maximum Gasteiger partial charge on any atom is 0.340 e. The van der Waals surface area contributed by atoms with E-state index < -0.39 is 17.5 Å². The van der Waals surface area contributed by atoms with Gasteiger partial charge in [0.25, 0.3) is 0 Å². The molecular weight excluding hydrogens is 444 g/mol. The van der Waals surface area contributed by atoms with Gasteiger partial charge in [0.15, 0.2) is 5.60 Å². The molecule has 6 heteroatoms. The molecular formula is C29H30O6. The summed E-state index contributed by atoms with van der Waals surface area (Å²) in [6, 6.07) is 11.6. The Kier molecular flexibility index (Phi) is 6.32. The number of benzene rings is 3. The van der Waals surface area contributed by atoms with Crippen molar-refractivity contribution in [1.29, 1.82) is 0 Å². The lowest BCUT2D eigenvalue weighted by Crippen LogP contribution is -2.31. The number of aryl methyl sites for hydroxylation is 4. The standard InChI is InChI=1S/C29H30O6/c1-5-16-11-18(7-3)25(30)23(13-16)29(24-14-17(6-2)12-19(8-4)26(24)31)22-15-20(27(32)33)9-10-21(22)28(34)35-29/h9-15,30-31H,5-8H2,1-4H3,(H,32,33). The minimum Gasteiger partial charge on any atom is -0.507 e. The fourth-order valence-corrected chi connectivity index (χ4v) is 4.95. The number of aromatic hydroxyl groups is 2. The van der Waals surface area contributed by atoms with Crippen molar-refractivity contribution in [2.45, 2.75) is 59.0 Å². The van der Waals surface area contributed by atoms with Gasteiger partial charge >= 0.3 is 11.9 Å². The number of cyclic esters (lactones) is 1. The Balaban J connectivity index is 2.22. The summed E-state index contributed by atoms with van der Waals surface area (Å²) in [5.74, 6) is -1.87. The molecule has 6 nitrogen and oxygen atoms in total. The second-order valence-corrected chi connectivity index (χ2v) is 8.85. The van der Waals surface area contributed by atoms with Crippen LogP contribution in [0.1, 0.15) is 87.4 Å². The Hall–Kier alpha value is -3.80. The molecule has 0 aromatic heterocycles.